The Kier molecular flexibility index (Phi) is 6.38. The van der Waals surface area contributed by atoms with Crippen molar-refractivity contribution in [1.82, 2.24) is 16.1 Å². The SMILES string of the molecule is C=C1NN=C2c3c(cccc31)NC(c1ccc(CNC)cc1)C2c1ccc(C(=O)NCCC)cc1. The van der Waals surface area contributed by atoms with Gasteiger partial charge in [-0.2, -0.15) is 5.10 Å². The predicted octanol–water partition coefficient (Wildman–Crippen LogP) is 4.77. The van der Waals surface area contributed by atoms with Crippen LogP contribution in [0.4, 0.5) is 5.69 Å². The standard InChI is InChI=1S/C29H31N5O/c1-4-16-31-29(35)22-14-12-20(13-15-22)25-27(21-10-8-19(9-11-21)17-30-3)32-24-7-5-6-23-18(2)33-34-28(25)26(23)24/h5-15,25,27,30,32-33H,2,4,16-17H2,1,3H3,(H,31,35). The van der Waals surface area contributed by atoms with E-state index >= 15 is 0 Å². The second kappa shape index (κ2) is 9.76. The fourth-order valence-electron chi connectivity index (χ4n) is 4.93. The van der Waals surface area contributed by atoms with Crippen LogP contribution in [0.3, 0.4) is 0 Å². The van der Waals surface area contributed by atoms with Crippen LogP contribution >= 0.6 is 0 Å². The Hall–Kier alpha value is -3.90. The third-order valence-corrected chi connectivity index (χ3v) is 6.68. The van der Waals surface area contributed by atoms with Crippen molar-refractivity contribution in [2.75, 3.05) is 18.9 Å². The van der Waals surface area contributed by atoms with E-state index in [0.29, 0.717) is 12.1 Å². The molecule has 6 heteroatoms. The highest BCUT2D eigenvalue weighted by Gasteiger charge is 2.39. The Labute approximate surface area is 206 Å². The molecule has 3 aromatic rings. The first kappa shape index (κ1) is 22.9. The van der Waals surface area contributed by atoms with Gasteiger partial charge < -0.3 is 16.0 Å². The molecule has 0 bridgehead atoms. The van der Waals surface area contributed by atoms with Crippen molar-refractivity contribution in [3.8, 4) is 0 Å². The molecule has 4 N–H and O–H groups in total. The molecule has 35 heavy (non-hydrogen) atoms. The minimum atomic E-state index is -0.0489. The van der Waals surface area contributed by atoms with E-state index in [-0.39, 0.29) is 17.9 Å². The number of nitrogens with one attached hydrogen (secondary N) is 4. The van der Waals surface area contributed by atoms with Crippen LogP contribution in [-0.2, 0) is 6.54 Å². The molecular weight excluding hydrogens is 434 g/mol. The van der Waals surface area contributed by atoms with E-state index in [1.54, 1.807) is 0 Å². The van der Waals surface area contributed by atoms with Gasteiger partial charge in [-0.05, 0) is 48.4 Å². The zero-order valence-corrected chi connectivity index (χ0v) is 20.2. The molecule has 2 heterocycles. The van der Waals surface area contributed by atoms with Crippen LogP contribution < -0.4 is 21.4 Å². The molecule has 2 unspecified atom stereocenters. The number of anilines is 1. The average Bonchev–Trinajstić information content (AvgIpc) is 2.89. The fraction of sp³-hybridized carbons (Fsp3) is 0.241. The van der Waals surface area contributed by atoms with E-state index in [1.807, 2.05) is 32.2 Å². The summed E-state index contributed by atoms with van der Waals surface area (Å²) in [5, 5.41) is 14.8. The van der Waals surface area contributed by atoms with Gasteiger partial charge in [-0.25, -0.2) is 0 Å². The Balaban J connectivity index is 1.58. The Morgan fingerprint density at radius 1 is 1.03 bits per heavy atom. The van der Waals surface area contributed by atoms with Crippen molar-refractivity contribution in [2.45, 2.75) is 31.8 Å². The second-order valence-corrected chi connectivity index (χ2v) is 9.07. The van der Waals surface area contributed by atoms with Crippen molar-refractivity contribution in [3.63, 3.8) is 0 Å². The van der Waals surface area contributed by atoms with Gasteiger partial charge >= 0.3 is 0 Å². The zero-order chi connectivity index (χ0) is 24.4. The topological polar surface area (TPSA) is 77.6 Å². The van der Waals surface area contributed by atoms with Crippen molar-refractivity contribution in [2.24, 2.45) is 5.10 Å². The van der Waals surface area contributed by atoms with Gasteiger partial charge in [-0.3, -0.25) is 10.2 Å². The van der Waals surface area contributed by atoms with E-state index < -0.39 is 0 Å². The Morgan fingerprint density at radius 2 is 1.77 bits per heavy atom. The normalized spacial score (nSPS) is 18.1. The molecule has 6 nitrogen and oxygen atoms in total. The van der Waals surface area contributed by atoms with Gasteiger partial charge in [0.05, 0.1) is 23.4 Å². The van der Waals surface area contributed by atoms with E-state index in [0.717, 1.165) is 46.8 Å². The number of rotatable bonds is 7. The lowest BCUT2D eigenvalue weighted by Crippen LogP contribution is -2.36. The molecule has 0 saturated carbocycles. The lowest BCUT2D eigenvalue weighted by Gasteiger charge is -2.39. The smallest absolute Gasteiger partial charge is 0.251 e. The monoisotopic (exact) mass is 465 g/mol. The molecule has 0 fully saturated rings. The zero-order valence-electron chi connectivity index (χ0n) is 20.2. The molecule has 2 aliphatic heterocycles. The molecule has 3 aromatic carbocycles. The third kappa shape index (κ3) is 4.33. The molecule has 178 valence electrons. The lowest BCUT2D eigenvalue weighted by molar-refractivity contribution is 0.0953. The maximum absolute atomic E-state index is 12.5. The summed E-state index contributed by atoms with van der Waals surface area (Å²) in [5.74, 6) is -0.0930. The highest BCUT2D eigenvalue weighted by atomic mass is 16.1. The highest BCUT2D eigenvalue weighted by Crippen LogP contribution is 2.45. The fourth-order valence-corrected chi connectivity index (χ4v) is 4.93. The number of carbonyl (C=O) groups is 1. The Morgan fingerprint density at radius 3 is 2.49 bits per heavy atom. The van der Waals surface area contributed by atoms with E-state index in [2.05, 4.69) is 76.5 Å². The molecule has 0 aliphatic carbocycles. The van der Waals surface area contributed by atoms with Crippen LogP contribution in [0.1, 0.15) is 63.5 Å². The van der Waals surface area contributed by atoms with Gasteiger partial charge in [0, 0.05) is 35.5 Å². The van der Waals surface area contributed by atoms with Gasteiger partial charge in [0.25, 0.3) is 5.91 Å². The third-order valence-electron chi connectivity index (χ3n) is 6.68. The molecule has 0 radical (unpaired) electrons. The maximum atomic E-state index is 12.5. The van der Waals surface area contributed by atoms with Gasteiger partial charge in [0.1, 0.15) is 0 Å². The molecule has 1 amide bonds. The summed E-state index contributed by atoms with van der Waals surface area (Å²) in [7, 11) is 1.95. The van der Waals surface area contributed by atoms with Gasteiger partial charge in [0.2, 0.25) is 0 Å². The first-order chi connectivity index (χ1) is 17.1. The summed E-state index contributed by atoms with van der Waals surface area (Å²) in [6.45, 7) is 7.70. The van der Waals surface area contributed by atoms with Crippen LogP contribution in [0.2, 0.25) is 0 Å². The maximum Gasteiger partial charge on any atom is 0.251 e. The van der Waals surface area contributed by atoms with Crippen molar-refractivity contribution in [3.05, 3.63) is 107 Å². The van der Waals surface area contributed by atoms with E-state index in [4.69, 9.17) is 5.10 Å². The van der Waals surface area contributed by atoms with Crippen LogP contribution in [0, 0.1) is 0 Å². The quantitative estimate of drug-likeness (QED) is 0.405. The number of carbonyl (C=O) groups excluding carboxylic acids is 1. The van der Waals surface area contributed by atoms with Crippen molar-refractivity contribution >= 4 is 23.0 Å². The summed E-state index contributed by atoms with van der Waals surface area (Å²) in [5.41, 5.74) is 12.3. The molecule has 2 aliphatic rings. The van der Waals surface area contributed by atoms with Crippen molar-refractivity contribution in [1.29, 1.82) is 0 Å². The van der Waals surface area contributed by atoms with Gasteiger partial charge in [-0.1, -0.05) is 62.0 Å². The van der Waals surface area contributed by atoms with Crippen LogP contribution in [0.5, 0.6) is 0 Å². The number of hydrogen-bond donors (Lipinski definition) is 4. The largest absolute Gasteiger partial charge is 0.377 e. The minimum Gasteiger partial charge on any atom is -0.377 e. The molecule has 5 rings (SSSR count). The van der Waals surface area contributed by atoms with Crippen LogP contribution in [-0.4, -0.2) is 25.2 Å². The lowest BCUT2D eigenvalue weighted by atomic mass is 9.75. The first-order valence-corrected chi connectivity index (χ1v) is 12.1. The molecule has 2 atom stereocenters. The molecule has 0 aromatic heterocycles. The first-order valence-electron chi connectivity index (χ1n) is 12.1. The van der Waals surface area contributed by atoms with Gasteiger partial charge in [0.15, 0.2) is 0 Å². The second-order valence-electron chi connectivity index (χ2n) is 9.07. The average molecular weight is 466 g/mol. The summed E-state index contributed by atoms with van der Waals surface area (Å²) in [6, 6.07) is 22.8. The number of hydrogen-bond acceptors (Lipinski definition) is 5. The summed E-state index contributed by atoms with van der Waals surface area (Å²) in [4.78, 5) is 12.5. The summed E-state index contributed by atoms with van der Waals surface area (Å²) >= 11 is 0. The molecular formula is C29H31N5O. The molecule has 0 spiro atoms. The van der Waals surface area contributed by atoms with Crippen LogP contribution in [0.15, 0.2) is 78.4 Å². The Bertz CT molecular complexity index is 1280. The molecule has 0 saturated heterocycles. The van der Waals surface area contributed by atoms with E-state index in [9.17, 15) is 4.79 Å². The number of benzene rings is 3. The minimum absolute atomic E-state index is 0.0203. The predicted molar refractivity (Wildman–Crippen MR) is 143 cm³/mol. The number of hydrazone groups is 1. The number of amides is 1. The highest BCUT2D eigenvalue weighted by molar-refractivity contribution is 6.15. The number of nitrogens with zero attached hydrogens (tertiary/aromatic N) is 1. The van der Waals surface area contributed by atoms with Gasteiger partial charge in [-0.15, -0.1) is 0 Å². The van der Waals surface area contributed by atoms with E-state index in [1.165, 1.54) is 11.1 Å². The summed E-state index contributed by atoms with van der Waals surface area (Å²) < 4.78 is 0. The summed E-state index contributed by atoms with van der Waals surface area (Å²) in [6.07, 6.45) is 0.909. The van der Waals surface area contributed by atoms with Crippen LogP contribution in [0.25, 0.3) is 5.70 Å². The van der Waals surface area contributed by atoms with Crippen molar-refractivity contribution < 1.29 is 4.79 Å².